The number of esters is 1. The molecule has 0 saturated carbocycles. The van der Waals surface area contributed by atoms with Gasteiger partial charge in [0.05, 0.1) is 12.4 Å². The average Bonchev–Trinajstić information content (AvgIpc) is 2.93. The van der Waals surface area contributed by atoms with E-state index in [1.54, 1.807) is 7.05 Å². The van der Waals surface area contributed by atoms with Crippen molar-refractivity contribution in [3.63, 3.8) is 0 Å². The summed E-state index contributed by atoms with van der Waals surface area (Å²) in [5.74, 6) is -2.23. The molecular weight excluding hydrogens is 357 g/mol. The number of halogens is 3. The van der Waals surface area contributed by atoms with E-state index in [1.807, 2.05) is 0 Å². The highest BCUT2D eigenvalue weighted by molar-refractivity contribution is 5.75. The summed E-state index contributed by atoms with van der Waals surface area (Å²) in [6.07, 6.45) is -3.57. The van der Waals surface area contributed by atoms with Gasteiger partial charge in [-0.2, -0.15) is 13.2 Å². The Balaban J connectivity index is 2.01. The maximum absolute atomic E-state index is 12.5. The van der Waals surface area contributed by atoms with Crippen molar-refractivity contribution < 1.29 is 22.7 Å². The number of aromatic nitrogens is 4. The lowest BCUT2D eigenvalue weighted by molar-refractivity contribution is -0.204. The summed E-state index contributed by atoms with van der Waals surface area (Å²) in [6, 6.07) is 0. The number of ether oxygens (including phenoxy) is 1. The summed E-state index contributed by atoms with van der Waals surface area (Å²) >= 11 is 0. The highest BCUT2D eigenvalue weighted by Crippen LogP contribution is 2.18. The van der Waals surface area contributed by atoms with Crippen molar-refractivity contribution in [2.24, 2.45) is 14.1 Å². The van der Waals surface area contributed by atoms with Crippen LogP contribution in [0.4, 0.5) is 13.2 Å². The molecule has 144 valence electrons. The van der Waals surface area contributed by atoms with Crippen LogP contribution in [0.25, 0.3) is 11.2 Å². The molecule has 1 unspecified atom stereocenters. The second kappa shape index (κ2) is 7.34. The highest BCUT2D eigenvalue weighted by atomic mass is 19.4. The first-order valence-electron chi connectivity index (χ1n) is 7.92. The standard InChI is InChI=1S/C15H19F3N4O4/c1-9(26-13(24)15(16,17)18)6-4-5-7-22-12(23)10-11(19-8-20(10)2)21(3)14(22)25/h8-9H,4-7H2,1-3H3. The molecule has 0 fully saturated rings. The SMILES string of the molecule is CC(CCCCn1c(=O)c2c(ncn2C)n(C)c1=O)OC(=O)C(F)(F)F. The zero-order valence-corrected chi connectivity index (χ0v) is 14.5. The van der Waals surface area contributed by atoms with Crippen LogP contribution in [-0.4, -0.2) is 36.9 Å². The van der Waals surface area contributed by atoms with Crippen LogP contribution < -0.4 is 11.2 Å². The van der Waals surface area contributed by atoms with Crippen LogP contribution >= 0.6 is 0 Å². The van der Waals surface area contributed by atoms with Gasteiger partial charge in [-0.05, 0) is 26.2 Å². The predicted octanol–water partition coefficient (Wildman–Crippen LogP) is 1.10. The summed E-state index contributed by atoms with van der Waals surface area (Å²) in [7, 11) is 3.15. The second-order valence-corrected chi connectivity index (χ2v) is 6.04. The quantitative estimate of drug-likeness (QED) is 0.556. The molecule has 0 spiro atoms. The minimum Gasteiger partial charge on any atom is -0.456 e. The molecule has 2 heterocycles. The van der Waals surface area contributed by atoms with E-state index in [2.05, 4.69) is 9.72 Å². The maximum Gasteiger partial charge on any atom is 0.490 e. The summed E-state index contributed by atoms with van der Waals surface area (Å²) in [5, 5.41) is 0. The number of rotatable bonds is 6. The van der Waals surface area contributed by atoms with Gasteiger partial charge in [-0.3, -0.25) is 13.9 Å². The molecule has 0 amide bonds. The molecule has 8 nitrogen and oxygen atoms in total. The van der Waals surface area contributed by atoms with E-state index in [0.29, 0.717) is 18.4 Å². The average molecular weight is 376 g/mol. The third-order valence-electron chi connectivity index (χ3n) is 3.98. The van der Waals surface area contributed by atoms with Crippen molar-refractivity contribution in [2.45, 2.75) is 45.0 Å². The van der Waals surface area contributed by atoms with Gasteiger partial charge in [0.25, 0.3) is 5.56 Å². The van der Waals surface area contributed by atoms with Crippen molar-refractivity contribution in [3.8, 4) is 0 Å². The van der Waals surface area contributed by atoms with Crippen molar-refractivity contribution in [3.05, 3.63) is 27.2 Å². The number of unbranched alkanes of at least 4 members (excludes halogenated alkanes) is 1. The normalized spacial score (nSPS) is 13.2. The summed E-state index contributed by atoms with van der Waals surface area (Å²) in [4.78, 5) is 39.5. The molecule has 2 aromatic rings. The largest absolute Gasteiger partial charge is 0.490 e. The number of alkyl halides is 3. The van der Waals surface area contributed by atoms with Crippen LogP contribution in [0.3, 0.4) is 0 Å². The minimum absolute atomic E-state index is 0.104. The highest BCUT2D eigenvalue weighted by Gasteiger charge is 2.41. The molecule has 0 aromatic carbocycles. The Morgan fingerprint density at radius 3 is 2.54 bits per heavy atom. The lowest BCUT2D eigenvalue weighted by Gasteiger charge is -2.14. The minimum atomic E-state index is -5.02. The molecule has 11 heteroatoms. The number of nitrogens with zero attached hydrogens (tertiary/aromatic N) is 4. The fraction of sp³-hybridized carbons (Fsp3) is 0.600. The zero-order valence-electron chi connectivity index (χ0n) is 14.5. The van der Waals surface area contributed by atoms with Gasteiger partial charge in [0, 0.05) is 20.6 Å². The van der Waals surface area contributed by atoms with Crippen molar-refractivity contribution in [2.75, 3.05) is 0 Å². The van der Waals surface area contributed by atoms with Gasteiger partial charge in [-0.1, -0.05) is 0 Å². The number of hydrogen-bond acceptors (Lipinski definition) is 5. The molecule has 0 bridgehead atoms. The first-order valence-corrected chi connectivity index (χ1v) is 7.92. The fourth-order valence-electron chi connectivity index (χ4n) is 2.60. The van der Waals surface area contributed by atoms with Gasteiger partial charge in [-0.25, -0.2) is 14.6 Å². The van der Waals surface area contributed by atoms with E-state index in [1.165, 1.54) is 29.4 Å². The molecule has 2 rings (SSSR count). The molecule has 0 aliphatic heterocycles. The summed E-state index contributed by atoms with van der Waals surface area (Å²) in [6.45, 7) is 1.46. The van der Waals surface area contributed by atoms with E-state index in [0.717, 1.165) is 4.57 Å². The van der Waals surface area contributed by atoms with Gasteiger partial charge < -0.3 is 9.30 Å². The molecule has 1 atom stereocenters. The van der Waals surface area contributed by atoms with Crippen molar-refractivity contribution in [1.29, 1.82) is 0 Å². The molecule has 2 aromatic heterocycles. The van der Waals surface area contributed by atoms with Gasteiger partial charge in [0.2, 0.25) is 0 Å². The Kier molecular flexibility index (Phi) is 5.57. The molecule has 0 saturated heterocycles. The van der Waals surface area contributed by atoms with E-state index in [9.17, 15) is 27.6 Å². The van der Waals surface area contributed by atoms with E-state index in [4.69, 9.17) is 0 Å². The topological polar surface area (TPSA) is 88.1 Å². The molecule has 0 N–H and O–H groups in total. The van der Waals surface area contributed by atoms with Crippen LogP contribution in [0.5, 0.6) is 0 Å². The number of hydrogen-bond donors (Lipinski definition) is 0. The number of carbonyl (C=O) groups is 1. The number of fused-ring (bicyclic) bond motifs is 1. The summed E-state index contributed by atoms with van der Waals surface area (Å²) in [5.41, 5.74) is -0.414. The molecule has 0 aliphatic rings. The van der Waals surface area contributed by atoms with Crippen LogP contribution in [0.2, 0.25) is 0 Å². The molecule has 26 heavy (non-hydrogen) atoms. The van der Waals surface area contributed by atoms with Crippen LogP contribution in [0.1, 0.15) is 26.2 Å². The Labute approximate surface area is 145 Å². The number of aryl methyl sites for hydroxylation is 2. The monoisotopic (exact) mass is 376 g/mol. The molecule has 0 aliphatic carbocycles. The molecule has 0 radical (unpaired) electrons. The van der Waals surface area contributed by atoms with Crippen LogP contribution in [-0.2, 0) is 30.2 Å². The molecular formula is C15H19F3N4O4. The fourth-order valence-corrected chi connectivity index (χ4v) is 2.60. The maximum atomic E-state index is 12.5. The number of imidazole rings is 1. The lowest BCUT2D eigenvalue weighted by Crippen LogP contribution is -2.39. The van der Waals surface area contributed by atoms with Gasteiger partial charge in [0.1, 0.15) is 0 Å². The van der Waals surface area contributed by atoms with Crippen LogP contribution in [0, 0.1) is 0 Å². The lowest BCUT2D eigenvalue weighted by atomic mass is 10.1. The van der Waals surface area contributed by atoms with Gasteiger partial charge in [-0.15, -0.1) is 0 Å². The Morgan fingerprint density at radius 2 is 1.92 bits per heavy atom. The Bertz CT molecular complexity index is 926. The Hall–Kier alpha value is -2.59. The first kappa shape index (κ1) is 19.7. The Morgan fingerprint density at radius 1 is 1.27 bits per heavy atom. The zero-order chi connectivity index (χ0) is 19.6. The smallest absolute Gasteiger partial charge is 0.456 e. The second-order valence-electron chi connectivity index (χ2n) is 6.04. The third-order valence-corrected chi connectivity index (χ3v) is 3.98. The first-order chi connectivity index (χ1) is 12.0. The van der Waals surface area contributed by atoms with Gasteiger partial charge in [0.15, 0.2) is 11.2 Å². The van der Waals surface area contributed by atoms with E-state index < -0.39 is 29.5 Å². The van der Waals surface area contributed by atoms with E-state index >= 15 is 0 Å². The summed E-state index contributed by atoms with van der Waals surface area (Å²) < 4.78 is 44.5. The number of carbonyl (C=O) groups excluding carboxylic acids is 1. The van der Waals surface area contributed by atoms with E-state index in [-0.39, 0.29) is 18.6 Å². The van der Waals surface area contributed by atoms with Crippen molar-refractivity contribution >= 4 is 17.1 Å². The third kappa shape index (κ3) is 3.97. The predicted molar refractivity (Wildman–Crippen MR) is 85.7 cm³/mol. The van der Waals surface area contributed by atoms with Gasteiger partial charge >= 0.3 is 17.8 Å². The van der Waals surface area contributed by atoms with Crippen molar-refractivity contribution in [1.82, 2.24) is 18.7 Å². The van der Waals surface area contributed by atoms with Crippen LogP contribution in [0.15, 0.2) is 15.9 Å².